The molecule has 2 aromatic rings. The minimum absolute atomic E-state index is 0.175. The fraction of sp³-hybridized carbons (Fsp3) is 0.471. The van der Waals surface area contributed by atoms with Crippen LogP contribution in [0.15, 0.2) is 92.8 Å². The summed E-state index contributed by atoms with van der Waals surface area (Å²) in [6, 6.07) is 13.8. The predicted molar refractivity (Wildman–Crippen MR) is 168 cm³/mol. The third-order valence-corrected chi connectivity index (χ3v) is 12.4. The average molecular weight is 599 g/mol. The quantitative estimate of drug-likeness (QED) is 0.271. The Hall–Kier alpha value is -2.48. The van der Waals surface area contributed by atoms with E-state index in [1.807, 2.05) is 39.8 Å². The Labute approximate surface area is 247 Å². The summed E-state index contributed by atoms with van der Waals surface area (Å²) >= 11 is 0. The standard InChI is InChI=1S/C34H46O5S2/c1-24-10-14-29(15-11-24)40(36,37)31(21-26(3)18-20-35)22-27(4)23-32(33-28(5)9-8-19-34(33,6)7)41(38,39)30-16-12-25(2)13-17-30/h10-18,22,31-32,35H,8-9,19-21,23H2,1-7H3/b26-18+,27-22+. The van der Waals surface area contributed by atoms with Crippen LogP contribution in [-0.2, 0) is 19.7 Å². The Morgan fingerprint density at radius 3 is 1.83 bits per heavy atom. The van der Waals surface area contributed by atoms with E-state index in [-0.39, 0.29) is 34.7 Å². The van der Waals surface area contributed by atoms with Crippen molar-refractivity contribution >= 4 is 19.7 Å². The molecule has 5 nitrogen and oxygen atoms in total. The van der Waals surface area contributed by atoms with Crippen LogP contribution in [0.25, 0.3) is 0 Å². The van der Waals surface area contributed by atoms with Crippen molar-refractivity contribution in [2.45, 2.75) is 101 Å². The topological polar surface area (TPSA) is 88.5 Å². The molecule has 0 radical (unpaired) electrons. The van der Waals surface area contributed by atoms with Crippen LogP contribution in [0.5, 0.6) is 0 Å². The van der Waals surface area contributed by atoms with E-state index in [1.54, 1.807) is 55.5 Å². The van der Waals surface area contributed by atoms with E-state index in [0.717, 1.165) is 47.1 Å². The predicted octanol–water partition coefficient (Wildman–Crippen LogP) is 7.48. The Kier molecular flexibility index (Phi) is 10.7. The summed E-state index contributed by atoms with van der Waals surface area (Å²) < 4.78 is 56.3. The molecule has 224 valence electrons. The summed E-state index contributed by atoms with van der Waals surface area (Å²) in [5.41, 5.74) is 5.19. The van der Waals surface area contributed by atoms with Crippen LogP contribution in [-0.4, -0.2) is 39.0 Å². The summed E-state index contributed by atoms with van der Waals surface area (Å²) in [6.07, 6.45) is 6.53. The van der Waals surface area contributed by atoms with Gasteiger partial charge in [0.25, 0.3) is 0 Å². The molecule has 3 rings (SSSR count). The summed E-state index contributed by atoms with van der Waals surface area (Å²) in [5.74, 6) is 0. The number of aryl methyl sites for hydroxylation is 2. The fourth-order valence-corrected chi connectivity index (χ4v) is 9.92. The van der Waals surface area contributed by atoms with E-state index in [1.165, 1.54) is 0 Å². The second kappa shape index (κ2) is 13.2. The molecule has 0 saturated heterocycles. The van der Waals surface area contributed by atoms with Gasteiger partial charge in [-0.2, -0.15) is 0 Å². The molecule has 0 amide bonds. The highest BCUT2D eigenvalue weighted by Gasteiger charge is 2.41. The van der Waals surface area contributed by atoms with Crippen molar-refractivity contribution in [3.63, 3.8) is 0 Å². The van der Waals surface area contributed by atoms with Crippen LogP contribution in [0.3, 0.4) is 0 Å². The molecule has 0 bridgehead atoms. The van der Waals surface area contributed by atoms with Gasteiger partial charge in [0.2, 0.25) is 0 Å². The molecular weight excluding hydrogens is 553 g/mol. The molecule has 1 N–H and O–H groups in total. The summed E-state index contributed by atoms with van der Waals surface area (Å²) in [4.78, 5) is 0.512. The highest BCUT2D eigenvalue weighted by molar-refractivity contribution is 7.92. The molecule has 2 aromatic carbocycles. The molecule has 0 aliphatic heterocycles. The lowest BCUT2D eigenvalue weighted by Gasteiger charge is -2.39. The third kappa shape index (κ3) is 7.88. The van der Waals surface area contributed by atoms with Crippen LogP contribution < -0.4 is 0 Å². The number of allylic oxidation sites excluding steroid dienone is 3. The van der Waals surface area contributed by atoms with E-state index < -0.39 is 30.2 Å². The lowest BCUT2D eigenvalue weighted by molar-refractivity contribution is 0.341. The Balaban J connectivity index is 2.14. The molecule has 2 unspecified atom stereocenters. The average Bonchev–Trinajstić information content (AvgIpc) is 2.88. The summed E-state index contributed by atoms with van der Waals surface area (Å²) in [5, 5.41) is 7.73. The molecule has 41 heavy (non-hydrogen) atoms. The summed E-state index contributed by atoms with van der Waals surface area (Å²) in [7, 11) is -7.54. The van der Waals surface area contributed by atoms with E-state index >= 15 is 0 Å². The number of benzene rings is 2. The van der Waals surface area contributed by atoms with Crippen molar-refractivity contribution in [3.05, 3.63) is 94.1 Å². The first kappa shape index (κ1) is 33.0. The van der Waals surface area contributed by atoms with Crippen LogP contribution in [0.4, 0.5) is 0 Å². The number of aliphatic hydroxyl groups excluding tert-OH is 1. The first-order valence-electron chi connectivity index (χ1n) is 14.3. The van der Waals surface area contributed by atoms with Gasteiger partial charge in [0.15, 0.2) is 19.7 Å². The zero-order chi connectivity index (χ0) is 30.6. The molecule has 0 saturated carbocycles. The maximum atomic E-state index is 14.3. The number of rotatable bonds is 11. The van der Waals surface area contributed by atoms with Crippen LogP contribution in [0.2, 0.25) is 0 Å². The van der Waals surface area contributed by atoms with Crippen LogP contribution >= 0.6 is 0 Å². The normalized spacial score (nSPS) is 18.3. The highest BCUT2D eigenvalue weighted by atomic mass is 32.2. The SMILES string of the molecule is CC1=C(C(C/C(C)=C/C(C/C(C)=C/CO)S(=O)(=O)c2ccc(C)cc2)S(=O)(=O)c2ccc(C)cc2)C(C)(C)CCC1. The summed E-state index contributed by atoms with van der Waals surface area (Å²) in [6.45, 7) is 13.6. The molecule has 7 heteroatoms. The first-order chi connectivity index (χ1) is 19.1. The van der Waals surface area contributed by atoms with Gasteiger partial charge in [-0.15, -0.1) is 0 Å². The number of hydrogen-bond donors (Lipinski definition) is 1. The van der Waals surface area contributed by atoms with Crippen LogP contribution in [0.1, 0.15) is 77.8 Å². The van der Waals surface area contributed by atoms with Crippen LogP contribution in [0, 0.1) is 19.3 Å². The van der Waals surface area contributed by atoms with E-state index in [0.29, 0.717) is 5.57 Å². The van der Waals surface area contributed by atoms with Gasteiger partial charge in [-0.1, -0.05) is 78.1 Å². The second-order valence-electron chi connectivity index (χ2n) is 12.3. The third-order valence-electron chi connectivity index (χ3n) is 8.28. The Bertz CT molecular complexity index is 1520. The zero-order valence-electron chi connectivity index (χ0n) is 25.6. The van der Waals surface area contributed by atoms with E-state index in [4.69, 9.17) is 0 Å². The van der Waals surface area contributed by atoms with Gasteiger partial charge < -0.3 is 5.11 Å². The second-order valence-corrected chi connectivity index (χ2v) is 16.6. The molecular formula is C34H46O5S2. The van der Waals surface area contributed by atoms with Crippen molar-refractivity contribution in [2.75, 3.05) is 6.61 Å². The lowest BCUT2D eigenvalue weighted by Crippen LogP contribution is -2.35. The van der Waals surface area contributed by atoms with E-state index in [2.05, 4.69) is 13.8 Å². The maximum absolute atomic E-state index is 14.3. The fourth-order valence-electron chi connectivity index (χ4n) is 6.01. The number of aliphatic hydroxyl groups is 1. The monoisotopic (exact) mass is 598 g/mol. The highest BCUT2D eigenvalue weighted by Crippen LogP contribution is 2.46. The molecule has 2 atom stereocenters. The van der Waals surface area contributed by atoms with Crippen molar-refractivity contribution in [1.82, 2.24) is 0 Å². The van der Waals surface area contributed by atoms with Crippen molar-refractivity contribution in [1.29, 1.82) is 0 Å². The molecule has 1 aliphatic rings. The minimum Gasteiger partial charge on any atom is -0.392 e. The van der Waals surface area contributed by atoms with E-state index in [9.17, 15) is 21.9 Å². The van der Waals surface area contributed by atoms with Gasteiger partial charge in [-0.05, 0) is 102 Å². The van der Waals surface area contributed by atoms with Crippen molar-refractivity contribution < 1.29 is 21.9 Å². The molecule has 0 spiro atoms. The van der Waals surface area contributed by atoms with Gasteiger partial charge in [0, 0.05) is 0 Å². The Morgan fingerprint density at radius 2 is 1.34 bits per heavy atom. The lowest BCUT2D eigenvalue weighted by atomic mass is 9.70. The van der Waals surface area contributed by atoms with Gasteiger partial charge >= 0.3 is 0 Å². The van der Waals surface area contributed by atoms with Crippen molar-refractivity contribution in [3.8, 4) is 0 Å². The Morgan fingerprint density at radius 1 is 0.829 bits per heavy atom. The molecule has 1 aliphatic carbocycles. The van der Waals surface area contributed by atoms with Gasteiger partial charge in [-0.3, -0.25) is 0 Å². The van der Waals surface area contributed by atoms with Gasteiger partial charge in [0.05, 0.1) is 26.9 Å². The smallest absolute Gasteiger partial charge is 0.185 e. The zero-order valence-corrected chi connectivity index (χ0v) is 27.2. The number of sulfone groups is 2. The van der Waals surface area contributed by atoms with Crippen molar-refractivity contribution in [2.24, 2.45) is 5.41 Å². The largest absolute Gasteiger partial charge is 0.392 e. The molecule has 0 fully saturated rings. The van der Waals surface area contributed by atoms with Gasteiger partial charge in [0.1, 0.15) is 0 Å². The number of hydrogen-bond acceptors (Lipinski definition) is 5. The minimum atomic E-state index is -3.77. The van der Waals surface area contributed by atoms with Gasteiger partial charge in [-0.25, -0.2) is 16.8 Å². The first-order valence-corrected chi connectivity index (χ1v) is 17.4. The molecule has 0 heterocycles. The maximum Gasteiger partial charge on any atom is 0.185 e. The molecule has 0 aromatic heterocycles.